The molecule has 0 saturated carbocycles. The third-order valence-electron chi connectivity index (χ3n) is 4.45. The number of phenols is 1. The monoisotopic (exact) mass is 362 g/mol. The first-order valence-electron chi connectivity index (χ1n) is 9.53. The minimum Gasteiger partial charge on any atom is -0.508 e. The highest BCUT2D eigenvalue weighted by Gasteiger charge is 2.02. The molecule has 1 N–H and O–H groups in total. The van der Waals surface area contributed by atoms with Crippen LogP contribution in [0.25, 0.3) is 11.4 Å². The molecule has 0 saturated heterocycles. The van der Waals surface area contributed by atoms with Gasteiger partial charge < -0.3 is 9.84 Å². The smallest absolute Gasteiger partial charge is 0.159 e. The molecule has 0 aliphatic heterocycles. The van der Waals surface area contributed by atoms with Crippen molar-refractivity contribution in [2.75, 3.05) is 6.61 Å². The fourth-order valence-corrected chi connectivity index (χ4v) is 2.89. The van der Waals surface area contributed by atoms with E-state index in [1.165, 1.54) is 18.4 Å². The second kappa shape index (κ2) is 10.4. The predicted molar refractivity (Wildman–Crippen MR) is 107 cm³/mol. The summed E-state index contributed by atoms with van der Waals surface area (Å²) < 4.78 is 5.71. The second-order valence-corrected chi connectivity index (χ2v) is 6.66. The van der Waals surface area contributed by atoms with E-state index in [0.717, 1.165) is 37.0 Å². The zero-order valence-corrected chi connectivity index (χ0v) is 15.6. The molecule has 2 aromatic carbocycles. The summed E-state index contributed by atoms with van der Waals surface area (Å²) in [6.45, 7) is 1.52. The fraction of sp³-hybridized carbons (Fsp3) is 0.304. The van der Waals surface area contributed by atoms with Gasteiger partial charge in [0.05, 0.1) is 6.61 Å². The lowest BCUT2D eigenvalue weighted by Gasteiger charge is -2.05. The maximum atomic E-state index is 9.34. The Morgan fingerprint density at radius 2 is 1.44 bits per heavy atom. The lowest BCUT2D eigenvalue weighted by atomic mass is 10.1. The SMILES string of the molecule is Oc1ccc(-c2ncc(CCCCCCOCc3ccccc3)cn2)cc1. The van der Waals surface area contributed by atoms with E-state index in [-0.39, 0.29) is 5.75 Å². The molecule has 0 aliphatic carbocycles. The van der Waals surface area contributed by atoms with E-state index in [4.69, 9.17) is 4.74 Å². The van der Waals surface area contributed by atoms with Gasteiger partial charge in [-0.1, -0.05) is 43.2 Å². The average Bonchev–Trinajstić information content (AvgIpc) is 2.72. The van der Waals surface area contributed by atoms with Gasteiger partial charge in [0.1, 0.15) is 5.75 Å². The van der Waals surface area contributed by atoms with Gasteiger partial charge in [-0.15, -0.1) is 0 Å². The van der Waals surface area contributed by atoms with E-state index < -0.39 is 0 Å². The maximum absolute atomic E-state index is 9.34. The second-order valence-electron chi connectivity index (χ2n) is 6.66. The van der Waals surface area contributed by atoms with Crippen LogP contribution >= 0.6 is 0 Å². The molecule has 0 atom stereocenters. The van der Waals surface area contributed by atoms with Gasteiger partial charge in [-0.25, -0.2) is 9.97 Å². The van der Waals surface area contributed by atoms with Crippen molar-refractivity contribution in [3.05, 3.63) is 78.1 Å². The highest BCUT2D eigenvalue weighted by Crippen LogP contribution is 2.18. The molecule has 0 radical (unpaired) electrons. The Bertz CT molecular complexity index is 787. The Morgan fingerprint density at radius 3 is 2.19 bits per heavy atom. The lowest BCUT2D eigenvalue weighted by Crippen LogP contribution is -1.96. The Labute approximate surface area is 160 Å². The number of ether oxygens (including phenoxy) is 1. The van der Waals surface area contributed by atoms with Crippen LogP contribution in [0.5, 0.6) is 5.75 Å². The van der Waals surface area contributed by atoms with Crippen molar-refractivity contribution in [2.45, 2.75) is 38.7 Å². The number of nitrogens with zero attached hydrogens (tertiary/aromatic N) is 2. The quantitative estimate of drug-likeness (QED) is 0.506. The molecule has 3 rings (SSSR count). The fourth-order valence-electron chi connectivity index (χ4n) is 2.89. The van der Waals surface area contributed by atoms with Crippen LogP contribution in [0.2, 0.25) is 0 Å². The largest absolute Gasteiger partial charge is 0.508 e. The highest BCUT2D eigenvalue weighted by atomic mass is 16.5. The molecule has 27 heavy (non-hydrogen) atoms. The number of unbranched alkanes of at least 4 members (excludes halogenated alkanes) is 3. The van der Waals surface area contributed by atoms with E-state index in [0.29, 0.717) is 12.4 Å². The minimum atomic E-state index is 0.251. The summed E-state index contributed by atoms with van der Waals surface area (Å²) in [5, 5.41) is 9.34. The first-order chi connectivity index (χ1) is 13.3. The normalized spacial score (nSPS) is 10.8. The van der Waals surface area contributed by atoms with Crippen LogP contribution < -0.4 is 0 Å². The van der Waals surface area contributed by atoms with Gasteiger partial charge in [-0.2, -0.15) is 0 Å². The maximum Gasteiger partial charge on any atom is 0.159 e. The highest BCUT2D eigenvalue weighted by molar-refractivity contribution is 5.55. The van der Waals surface area contributed by atoms with Crippen LogP contribution in [-0.2, 0) is 17.8 Å². The Balaban J connectivity index is 1.28. The zero-order valence-electron chi connectivity index (χ0n) is 15.6. The van der Waals surface area contributed by atoms with Crippen molar-refractivity contribution >= 4 is 0 Å². The standard InChI is InChI=1S/C23H26N2O2/c26-22-13-11-21(12-14-22)23-24-16-20(17-25-23)10-4-1-2-7-15-27-18-19-8-5-3-6-9-19/h3,5-6,8-9,11-14,16-17,26H,1-2,4,7,10,15,18H2. The Morgan fingerprint density at radius 1 is 0.741 bits per heavy atom. The van der Waals surface area contributed by atoms with E-state index in [1.54, 1.807) is 12.1 Å². The van der Waals surface area contributed by atoms with E-state index in [2.05, 4.69) is 22.1 Å². The molecule has 1 heterocycles. The number of rotatable bonds is 10. The number of phenolic OH excluding ortho intramolecular Hbond substituents is 1. The topological polar surface area (TPSA) is 55.2 Å². The van der Waals surface area contributed by atoms with E-state index >= 15 is 0 Å². The third kappa shape index (κ3) is 6.50. The van der Waals surface area contributed by atoms with E-state index in [1.807, 2.05) is 42.7 Å². The van der Waals surface area contributed by atoms with Gasteiger partial charge in [0.2, 0.25) is 0 Å². The molecule has 0 unspecified atom stereocenters. The molecular weight excluding hydrogens is 336 g/mol. The molecule has 0 spiro atoms. The summed E-state index contributed by atoms with van der Waals surface area (Å²) in [4.78, 5) is 8.87. The molecule has 0 amide bonds. The summed E-state index contributed by atoms with van der Waals surface area (Å²) >= 11 is 0. The van der Waals surface area contributed by atoms with Gasteiger partial charge in [-0.3, -0.25) is 0 Å². The Hall–Kier alpha value is -2.72. The van der Waals surface area contributed by atoms with E-state index in [9.17, 15) is 5.11 Å². The molecule has 3 aromatic rings. The van der Waals surface area contributed by atoms with Crippen LogP contribution in [0, 0.1) is 0 Å². The van der Waals surface area contributed by atoms with Gasteiger partial charge in [-0.05, 0) is 54.7 Å². The van der Waals surface area contributed by atoms with Crippen LogP contribution in [0.1, 0.15) is 36.8 Å². The van der Waals surface area contributed by atoms with Crippen LogP contribution in [0.15, 0.2) is 67.0 Å². The molecule has 0 fully saturated rings. The van der Waals surface area contributed by atoms with Crippen molar-refractivity contribution < 1.29 is 9.84 Å². The Kier molecular flexibility index (Phi) is 7.36. The van der Waals surface area contributed by atoms with Crippen molar-refractivity contribution in [3.63, 3.8) is 0 Å². The number of hydrogen-bond donors (Lipinski definition) is 1. The number of benzene rings is 2. The van der Waals surface area contributed by atoms with Gasteiger partial charge >= 0.3 is 0 Å². The van der Waals surface area contributed by atoms with Crippen LogP contribution in [0.4, 0.5) is 0 Å². The number of hydrogen-bond acceptors (Lipinski definition) is 4. The zero-order chi connectivity index (χ0) is 18.7. The van der Waals surface area contributed by atoms with Crippen molar-refractivity contribution in [2.24, 2.45) is 0 Å². The summed E-state index contributed by atoms with van der Waals surface area (Å²) in [5.74, 6) is 0.940. The minimum absolute atomic E-state index is 0.251. The summed E-state index contributed by atoms with van der Waals surface area (Å²) in [7, 11) is 0. The number of aromatic hydroxyl groups is 1. The number of aromatic nitrogens is 2. The average molecular weight is 362 g/mol. The summed E-state index contributed by atoms with van der Waals surface area (Å²) in [5.41, 5.74) is 3.31. The third-order valence-corrected chi connectivity index (χ3v) is 4.45. The number of aryl methyl sites for hydroxylation is 1. The molecule has 0 aliphatic rings. The molecule has 4 nitrogen and oxygen atoms in total. The first kappa shape index (κ1) is 19.1. The van der Waals surface area contributed by atoms with Gasteiger partial charge in [0, 0.05) is 24.6 Å². The lowest BCUT2D eigenvalue weighted by molar-refractivity contribution is 0.116. The molecule has 1 aromatic heterocycles. The molecular formula is C23H26N2O2. The predicted octanol–water partition coefficient (Wildman–Crippen LogP) is 5.17. The van der Waals surface area contributed by atoms with Crippen LogP contribution in [-0.4, -0.2) is 21.7 Å². The first-order valence-corrected chi connectivity index (χ1v) is 9.53. The van der Waals surface area contributed by atoms with Crippen molar-refractivity contribution in [1.82, 2.24) is 9.97 Å². The van der Waals surface area contributed by atoms with Crippen LogP contribution in [0.3, 0.4) is 0 Å². The van der Waals surface area contributed by atoms with Gasteiger partial charge in [0.15, 0.2) is 5.82 Å². The summed E-state index contributed by atoms with van der Waals surface area (Å²) in [6, 6.07) is 17.2. The molecule has 140 valence electrons. The summed E-state index contributed by atoms with van der Waals surface area (Å²) in [6.07, 6.45) is 9.41. The molecule has 4 heteroatoms. The van der Waals surface area contributed by atoms with Crippen molar-refractivity contribution in [1.29, 1.82) is 0 Å². The van der Waals surface area contributed by atoms with Crippen molar-refractivity contribution in [3.8, 4) is 17.1 Å². The molecule has 0 bridgehead atoms. The van der Waals surface area contributed by atoms with Gasteiger partial charge in [0.25, 0.3) is 0 Å².